The molecule has 5 heteroatoms. The zero-order valence-corrected chi connectivity index (χ0v) is 13.3. The monoisotopic (exact) mass is 315 g/mol. The van der Waals surface area contributed by atoms with Crippen LogP contribution in [0.5, 0.6) is 11.5 Å². The van der Waals surface area contributed by atoms with E-state index in [4.69, 9.17) is 14.3 Å². The maximum absolute atomic E-state index is 9.85. The fourth-order valence-electron chi connectivity index (χ4n) is 1.86. The molecule has 1 atom stereocenters. The summed E-state index contributed by atoms with van der Waals surface area (Å²) in [6.07, 6.45) is -0.760. The van der Waals surface area contributed by atoms with Gasteiger partial charge in [0.25, 0.3) is 0 Å². The minimum absolute atomic E-state index is 0.0698. The highest BCUT2D eigenvalue weighted by atomic mass is 16.6. The molecule has 2 aromatic carbocycles. The lowest BCUT2D eigenvalue weighted by Gasteiger charge is -2.12. The molecule has 0 saturated carbocycles. The van der Waals surface area contributed by atoms with Crippen molar-refractivity contribution in [2.75, 3.05) is 20.3 Å². The molecule has 0 bridgehead atoms. The Bertz CT molecular complexity index is 611. The van der Waals surface area contributed by atoms with Crippen LogP contribution in [0.1, 0.15) is 12.5 Å². The van der Waals surface area contributed by atoms with E-state index in [0.717, 1.165) is 17.0 Å². The zero-order chi connectivity index (χ0) is 16.5. The van der Waals surface area contributed by atoms with Crippen LogP contribution in [-0.4, -0.2) is 37.2 Å². The lowest BCUT2D eigenvalue weighted by atomic mass is 10.1. The van der Waals surface area contributed by atoms with Crippen LogP contribution in [0.25, 0.3) is 0 Å². The largest absolute Gasteiger partial charge is 0.497 e. The Morgan fingerprint density at radius 3 is 2.30 bits per heavy atom. The number of oxime groups is 1. The van der Waals surface area contributed by atoms with E-state index in [1.165, 1.54) is 0 Å². The second kappa shape index (κ2) is 8.80. The number of ether oxygens (including phenoxy) is 2. The van der Waals surface area contributed by atoms with Crippen molar-refractivity contribution in [2.24, 2.45) is 5.16 Å². The molecule has 1 unspecified atom stereocenters. The Morgan fingerprint density at radius 1 is 1.00 bits per heavy atom. The van der Waals surface area contributed by atoms with Crippen molar-refractivity contribution < 1.29 is 19.4 Å². The van der Waals surface area contributed by atoms with Gasteiger partial charge in [-0.15, -0.1) is 0 Å². The molecule has 2 rings (SSSR count). The number of aliphatic hydroxyl groups is 1. The minimum Gasteiger partial charge on any atom is -0.497 e. The molecule has 23 heavy (non-hydrogen) atoms. The fraction of sp³-hybridized carbons (Fsp3) is 0.278. The first kappa shape index (κ1) is 16.8. The summed E-state index contributed by atoms with van der Waals surface area (Å²) in [5.74, 6) is 1.42. The Balaban J connectivity index is 1.73. The lowest BCUT2D eigenvalue weighted by molar-refractivity contribution is 0.0143. The minimum atomic E-state index is -0.760. The number of hydrogen-bond acceptors (Lipinski definition) is 5. The van der Waals surface area contributed by atoms with Gasteiger partial charge >= 0.3 is 0 Å². The normalized spacial score (nSPS) is 12.6. The number of methoxy groups -OCH3 is 1. The van der Waals surface area contributed by atoms with Crippen molar-refractivity contribution in [2.45, 2.75) is 13.0 Å². The van der Waals surface area contributed by atoms with Crippen molar-refractivity contribution in [3.05, 3.63) is 60.2 Å². The molecule has 0 spiro atoms. The van der Waals surface area contributed by atoms with E-state index in [1.807, 2.05) is 37.3 Å². The van der Waals surface area contributed by atoms with E-state index >= 15 is 0 Å². The smallest absolute Gasteiger partial charge is 0.146 e. The SMILES string of the molecule is COc1ccc(OCC(O)CO/N=C(\C)c2ccccc2)cc1. The highest BCUT2D eigenvalue weighted by Gasteiger charge is 2.06. The van der Waals surface area contributed by atoms with Gasteiger partial charge in [-0.1, -0.05) is 35.5 Å². The third kappa shape index (κ3) is 5.64. The van der Waals surface area contributed by atoms with Gasteiger partial charge in [0.15, 0.2) is 0 Å². The summed E-state index contributed by atoms with van der Waals surface area (Å²) in [5.41, 5.74) is 1.74. The standard InChI is InChI=1S/C18H21NO4/c1-14(15-6-4-3-5-7-15)19-23-13-16(20)12-22-18-10-8-17(21-2)9-11-18/h3-11,16,20H,12-13H2,1-2H3/b19-14+. The first-order chi connectivity index (χ1) is 11.2. The van der Waals surface area contributed by atoms with E-state index in [0.29, 0.717) is 5.75 Å². The molecule has 5 nitrogen and oxygen atoms in total. The number of rotatable bonds is 8. The topological polar surface area (TPSA) is 60.3 Å². The summed E-state index contributed by atoms with van der Waals surface area (Å²) in [6, 6.07) is 16.9. The first-order valence-electron chi connectivity index (χ1n) is 7.36. The van der Waals surface area contributed by atoms with E-state index < -0.39 is 6.10 Å². The predicted octanol–water partition coefficient (Wildman–Crippen LogP) is 2.88. The maximum atomic E-state index is 9.85. The number of nitrogens with zero attached hydrogens (tertiary/aromatic N) is 1. The Labute approximate surface area is 136 Å². The molecule has 0 aliphatic heterocycles. The van der Waals surface area contributed by atoms with E-state index in [9.17, 15) is 5.11 Å². The van der Waals surface area contributed by atoms with Gasteiger partial charge in [-0.25, -0.2) is 0 Å². The van der Waals surface area contributed by atoms with Crippen LogP contribution in [0.3, 0.4) is 0 Å². The van der Waals surface area contributed by atoms with Gasteiger partial charge in [-0.05, 0) is 36.8 Å². The van der Waals surface area contributed by atoms with Gasteiger partial charge in [-0.3, -0.25) is 0 Å². The highest BCUT2D eigenvalue weighted by molar-refractivity contribution is 5.98. The summed E-state index contributed by atoms with van der Waals surface area (Å²) in [6.45, 7) is 2.06. The number of benzene rings is 2. The molecule has 0 fully saturated rings. The molecule has 2 aromatic rings. The van der Waals surface area contributed by atoms with Gasteiger partial charge in [0.05, 0.1) is 12.8 Å². The van der Waals surface area contributed by atoms with Crippen LogP contribution in [0.15, 0.2) is 59.8 Å². The number of hydrogen-bond donors (Lipinski definition) is 1. The number of aliphatic hydroxyl groups excluding tert-OH is 1. The summed E-state index contributed by atoms with van der Waals surface area (Å²) < 4.78 is 10.5. The Kier molecular flexibility index (Phi) is 6.44. The molecule has 0 amide bonds. The van der Waals surface area contributed by atoms with Gasteiger partial charge in [-0.2, -0.15) is 0 Å². The lowest BCUT2D eigenvalue weighted by Crippen LogP contribution is -2.22. The zero-order valence-electron chi connectivity index (χ0n) is 13.3. The molecular weight excluding hydrogens is 294 g/mol. The average molecular weight is 315 g/mol. The third-order valence-corrected chi connectivity index (χ3v) is 3.16. The summed E-state index contributed by atoms with van der Waals surface area (Å²) in [5, 5.41) is 13.8. The second-order valence-corrected chi connectivity index (χ2v) is 4.98. The molecular formula is C18H21NO4. The van der Waals surface area contributed by atoms with Gasteiger partial charge < -0.3 is 19.4 Å². The van der Waals surface area contributed by atoms with Crippen molar-refractivity contribution in [3.8, 4) is 11.5 Å². The molecule has 122 valence electrons. The van der Waals surface area contributed by atoms with Crippen molar-refractivity contribution in [1.82, 2.24) is 0 Å². The molecule has 1 N–H and O–H groups in total. The van der Waals surface area contributed by atoms with E-state index in [2.05, 4.69) is 5.16 Å². The van der Waals surface area contributed by atoms with Crippen LogP contribution in [0.4, 0.5) is 0 Å². The second-order valence-electron chi connectivity index (χ2n) is 4.98. The van der Waals surface area contributed by atoms with Crippen molar-refractivity contribution >= 4 is 5.71 Å². The van der Waals surface area contributed by atoms with Crippen LogP contribution in [0, 0.1) is 0 Å². The highest BCUT2D eigenvalue weighted by Crippen LogP contribution is 2.17. The average Bonchev–Trinajstić information content (AvgIpc) is 2.61. The van der Waals surface area contributed by atoms with Gasteiger partial charge in [0.1, 0.15) is 30.8 Å². The van der Waals surface area contributed by atoms with Crippen LogP contribution in [-0.2, 0) is 4.84 Å². The Morgan fingerprint density at radius 2 is 1.65 bits per heavy atom. The van der Waals surface area contributed by atoms with Crippen LogP contribution < -0.4 is 9.47 Å². The van der Waals surface area contributed by atoms with Crippen molar-refractivity contribution in [1.29, 1.82) is 0 Å². The summed E-state index contributed by atoms with van der Waals surface area (Å²) >= 11 is 0. The van der Waals surface area contributed by atoms with Crippen molar-refractivity contribution in [3.63, 3.8) is 0 Å². The van der Waals surface area contributed by atoms with Crippen LogP contribution in [0.2, 0.25) is 0 Å². The van der Waals surface area contributed by atoms with E-state index in [1.54, 1.807) is 31.4 Å². The quantitative estimate of drug-likeness (QED) is 0.601. The molecule has 0 radical (unpaired) electrons. The summed E-state index contributed by atoms with van der Waals surface area (Å²) in [7, 11) is 1.61. The first-order valence-corrected chi connectivity index (χ1v) is 7.36. The predicted molar refractivity (Wildman–Crippen MR) is 89.1 cm³/mol. The third-order valence-electron chi connectivity index (χ3n) is 3.16. The molecule has 0 aliphatic carbocycles. The maximum Gasteiger partial charge on any atom is 0.146 e. The summed E-state index contributed by atoms with van der Waals surface area (Å²) in [4.78, 5) is 5.17. The van der Waals surface area contributed by atoms with Gasteiger partial charge in [0, 0.05) is 0 Å². The fourth-order valence-corrected chi connectivity index (χ4v) is 1.86. The molecule has 0 heterocycles. The van der Waals surface area contributed by atoms with Crippen LogP contribution >= 0.6 is 0 Å². The Hall–Kier alpha value is -2.53. The van der Waals surface area contributed by atoms with E-state index in [-0.39, 0.29) is 13.2 Å². The van der Waals surface area contributed by atoms with Gasteiger partial charge in [0.2, 0.25) is 0 Å². The molecule has 0 aromatic heterocycles. The molecule has 0 aliphatic rings. The molecule has 0 saturated heterocycles.